The first-order valence-electron chi connectivity index (χ1n) is 5.79. The number of aromatic nitrogens is 5. The van der Waals surface area contributed by atoms with Gasteiger partial charge in [0.15, 0.2) is 0 Å². The summed E-state index contributed by atoms with van der Waals surface area (Å²) in [6.07, 6.45) is 6.00. The van der Waals surface area contributed by atoms with Gasteiger partial charge in [-0.2, -0.15) is 5.10 Å². The second kappa shape index (κ2) is 5.44. The van der Waals surface area contributed by atoms with E-state index in [1.165, 1.54) is 0 Å². The Morgan fingerprint density at radius 1 is 1.39 bits per heavy atom. The Morgan fingerprint density at radius 2 is 2.22 bits per heavy atom. The molecule has 0 amide bonds. The van der Waals surface area contributed by atoms with Crippen molar-refractivity contribution in [2.24, 2.45) is 0 Å². The van der Waals surface area contributed by atoms with Crippen molar-refractivity contribution in [1.29, 1.82) is 0 Å². The number of carbonyl (C=O) groups is 1. The molecule has 0 radical (unpaired) electrons. The Morgan fingerprint density at radius 3 is 2.89 bits per heavy atom. The van der Waals surface area contributed by atoms with Crippen LogP contribution in [0, 0.1) is 0 Å². The highest BCUT2D eigenvalue weighted by Gasteiger charge is 2.05. The third kappa shape index (κ3) is 3.16. The van der Waals surface area contributed by atoms with Crippen LogP contribution < -0.4 is 0 Å². The summed E-state index contributed by atoms with van der Waals surface area (Å²) in [7, 11) is 0. The molecule has 1 N–H and O–H groups in total. The van der Waals surface area contributed by atoms with Crippen LogP contribution in [0.5, 0.6) is 0 Å². The van der Waals surface area contributed by atoms with Gasteiger partial charge in [0, 0.05) is 30.9 Å². The zero-order valence-corrected chi connectivity index (χ0v) is 10.2. The minimum absolute atomic E-state index is 0.0759. The number of hydrogen-bond acceptors (Lipinski definition) is 4. The fourth-order valence-electron chi connectivity index (χ4n) is 1.61. The van der Waals surface area contributed by atoms with Crippen LogP contribution in [-0.4, -0.2) is 35.9 Å². The fourth-order valence-corrected chi connectivity index (χ4v) is 1.61. The van der Waals surface area contributed by atoms with Crippen LogP contribution in [0.15, 0.2) is 18.6 Å². The van der Waals surface area contributed by atoms with Crippen LogP contribution >= 0.6 is 0 Å². The predicted molar refractivity (Wildman–Crippen MR) is 63.0 cm³/mol. The zero-order valence-electron chi connectivity index (χ0n) is 10.2. The summed E-state index contributed by atoms with van der Waals surface area (Å²) in [4.78, 5) is 10.4. The quantitative estimate of drug-likeness (QED) is 0.808. The van der Waals surface area contributed by atoms with Gasteiger partial charge in [-0.25, -0.2) is 4.68 Å². The molecule has 0 unspecified atom stereocenters. The number of aliphatic carboxylic acids is 1. The molecular weight excluding hydrogens is 234 g/mol. The second-order valence-electron chi connectivity index (χ2n) is 4.01. The molecule has 96 valence electrons. The van der Waals surface area contributed by atoms with Crippen molar-refractivity contribution in [3.8, 4) is 0 Å². The maximum Gasteiger partial charge on any atom is 0.303 e. The lowest BCUT2D eigenvalue weighted by atomic mass is 10.2. The van der Waals surface area contributed by atoms with Crippen molar-refractivity contribution >= 4 is 5.97 Å². The number of rotatable bonds is 6. The predicted octanol–water partition coefficient (Wildman–Crippen LogP) is 0.560. The van der Waals surface area contributed by atoms with E-state index in [1.54, 1.807) is 17.1 Å². The van der Waals surface area contributed by atoms with E-state index in [-0.39, 0.29) is 6.42 Å². The summed E-state index contributed by atoms with van der Waals surface area (Å²) >= 11 is 0. The zero-order chi connectivity index (χ0) is 13.0. The van der Waals surface area contributed by atoms with Gasteiger partial charge in [-0.3, -0.25) is 9.48 Å². The molecule has 0 bridgehead atoms. The summed E-state index contributed by atoms with van der Waals surface area (Å²) in [5, 5.41) is 20.7. The fraction of sp³-hybridized carbons (Fsp3) is 0.455. The molecule has 0 spiro atoms. The van der Waals surface area contributed by atoms with Crippen molar-refractivity contribution in [3.63, 3.8) is 0 Å². The molecule has 0 atom stereocenters. The van der Waals surface area contributed by atoms with E-state index in [4.69, 9.17) is 5.11 Å². The lowest BCUT2D eigenvalue weighted by Crippen LogP contribution is -1.99. The third-order valence-electron chi connectivity index (χ3n) is 2.54. The van der Waals surface area contributed by atoms with Crippen LogP contribution in [0.25, 0.3) is 0 Å². The maximum absolute atomic E-state index is 10.4. The number of aryl methyl sites for hydroxylation is 2. The second-order valence-corrected chi connectivity index (χ2v) is 4.01. The first-order chi connectivity index (χ1) is 8.67. The monoisotopic (exact) mass is 249 g/mol. The summed E-state index contributed by atoms with van der Waals surface area (Å²) in [5.41, 5.74) is 1.74. The molecule has 0 aliphatic carbocycles. The number of hydrogen-bond donors (Lipinski definition) is 1. The molecule has 0 aromatic carbocycles. The number of nitrogens with zero attached hydrogens (tertiary/aromatic N) is 5. The Balaban J connectivity index is 1.95. The average molecular weight is 249 g/mol. The smallest absolute Gasteiger partial charge is 0.303 e. The summed E-state index contributed by atoms with van der Waals surface area (Å²) in [6.45, 7) is 3.46. The van der Waals surface area contributed by atoms with Crippen LogP contribution in [0.4, 0.5) is 0 Å². The molecule has 0 aliphatic heterocycles. The molecule has 2 aromatic heterocycles. The minimum atomic E-state index is -0.825. The highest BCUT2D eigenvalue weighted by atomic mass is 16.4. The average Bonchev–Trinajstić information content (AvgIpc) is 2.96. The SMILES string of the molecule is CCn1cc(Cn2cc(CCC(=O)O)nn2)cn1. The number of carboxylic acids is 1. The molecule has 7 heteroatoms. The molecule has 0 saturated carbocycles. The lowest BCUT2D eigenvalue weighted by Gasteiger charge is -1.95. The van der Waals surface area contributed by atoms with E-state index >= 15 is 0 Å². The van der Waals surface area contributed by atoms with Gasteiger partial charge < -0.3 is 5.11 Å². The summed E-state index contributed by atoms with van der Waals surface area (Å²) < 4.78 is 3.53. The minimum Gasteiger partial charge on any atom is -0.481 e. The van der Waals surface area contributed by atoms with Crippen LogP contribution in [-0.2, 0) is 24.3 Å². The molecular formula is C11H15N5O2. The first kappa shape index (κ1) is 12.3. The van der Waals surface area contributed by atoms with Crippen LogP contribution in [0.3, 0.4) is 0 Å². The van der Waals surface area contributed by atoms with E-state index in [9.17, 15) is 4.79 Å². The van der Waals surface area contributed by atoms with Crippen molar-refractivity contribution in [1.82, 2.24) is 24.8 Å². The standard InChI is InChI=1S/C11H15N5O2/c1-2-15-6-9(5-12-15)7-16-8-10(13-14-16)3-4-11(17)18/h5-6,8H,2-4,7H2,1H3,(H,17,18). The van der Waals surface area contributed by atoms with E-state index in [0.29, 0.717) is 18.7 Å². The largest absolute Gasteiger partial charge is 0.481 e. The first-order valence-corrected chi connectivity index (χ1v) is 5.79. The molecule has 0 fully saturated rings. The topological polar surface area (TPSA) is 85.8 Å². The third-order valence-corrected chi connectivity index (χ3v) is 2.54. The van der Waals surface area contributed by atoms with Crippen molar-refractivity contribution in [3.05, 3.63) is 29.8 Å². The molecule has 0 saturated heterocycles. The van der Waals surface area contributed by atoms with Gasteiger partial charge in [0.05, 0.1) is 24.9 Å². The molecule has 18 heavy (non-hydrogen) atoms. The lowest BCUT2D eigenvalue weighted by molar-refractivity contribution is -0.136. The molecule has 2 heterocycles. The Bertz CT molecular complexity index is 531. The number of carboxylic acid groups (broad SMARTS) is 1. The Kier molecular flexibility index (Phi) is 3.71. The van der Waals surface area contributed by atoms with Gasteiger partial charge in [0.25, 0.3) is 0 Å². The van der Waals surface area contributed by atoms with Gasteiger partial charge in [-0.15, -0.1) is 5.10 Å². The maximum atomic E-state index is 10.4. The van der Waals surface area contributed by atoms with Gasteiger partial charge >= 0.3 is 5.97 Å². The van der Waals surface area contributed by atoms with Gasteiger partial charge in [0.2, 0.25) is 0 Å². The van der Waals surface area contributed by atoms with Crippen LogP contribution in [0.1, 0.15) is 24.6 Å². The van der Waals surface area contributed by atoms with Crippen molar-refractivity contribution in [2.75, 3.05) is 0 Å². The van der Waals surface area contributed by atoms with Gasteiger partial charge in [-0.1, -0.05) is 5.21 Å². The summed E-state index contributed by atoms with van der Waals surface area (Å²) in [6, 6.07) is 0. The molecule has 2 rings (SSSR count). The Labute approximate surface area is 104 Å². The van der Waals surface area contributed by atoms with E-state index in [1.807, 2.05) is 17.8 Å². The van der Waals surface area contributed by atoms with Crippen molar-refractivity contribution in [2.45, 2.75) is 32.9 Å². The highest BCUT2D eigenvalue weighted by Crippen LogP contribution is 2.03. The Hall–Kier alpha value is -2.18. The van der Waals surface area contributed by atoms with Crippen molar-refractivity contribution < 1.29 is 9.90 Å². The normalized spacial score (nSPS) is 10.7. The molecule has 2 aromatic rings. The molecule has 7 nitrogen and oxygen atoms in total. The van der Waals surface area contributed by atoms with Gasteiger partial charge in [-0.05, 0) is 6.92 Å². The molecule has 0 aliphatic rings. The van der Waals surface area contributed by atoms with E-state index in [0.717, 1.165) is 12.1 Å². The summed E-state index contributed by atoms with van der Waals surface area (Å²) in [5.74, 6) is -0.825. The van der Waals surface area contributed by atoms with E-state index in [2.05, 4.69) is 15.4 Å². The van der Waals surface area contributed by atoms with Crippen LogP contribution in [0.2, 0.25) is 0 Å². The van der Waals surface area contributed by atoms with Gasteiger partial charge in [0.1, 0.15) is 0 Å². The highest BCUT2D eigenvalue weighted by molar-refractivity contribution is 5.66. The van der Waals surface area contributed by atoms with E-state index < -0.39 is 5.97 Å².